The van der Waals surface area contributed by atoms with Crippen molar-refractivity contribution in [1.82, 2.24) is 0 Å². The monoisotopic (exact) mass is 259 g/mol. The van der Waals surface area contributed by atoms with Gasteiger partial charge in [0.1, 0.15) is 6.61 Å². The van der Waals surface area contributed by atoms with Crippen molar-refractivity contribution in [3.05, 3.63) is 54.1 Å². The van der Waals surface area contributed by atoms with Crippen molar-refractivity contribution in [3.8, 4) is 11.5 Å². The molecule has 0 aliphatic carbocycles. The first-order valence-corrected chi connectivity index (χ1v) is 6.14. The first-order valence-electron chi connectivity index (χ1n) is 6.14. The fourth-order valence-electron chi connectivity index (χ4n) is 1.68. The summed E-state index contributed by atoms with van der Waals surface area (Å²) in [5.41, 5.74) is 1.84. The third-order valence-corrected chi connectivity index (χ3v) is 2.64. The summed E-state index contributed by atoms with van der Waals surface area (Å²) in [4.78, 5) is 0. The number of nitrogens with one attached hydrogen (secondary N) is 1. The van der Waals surface area contributed by atoms with E-state index in [4.69, 9.17) is 9.84 Å². The van der Waals surface area contributed by atoms with Crippen LogP contribution in [0, 0.1) is 0 Å². The summed E-state index contributed by atoms with van der Waals surface area (Å²) >= 11 is 0. The van der Waals surface area contributed by atoms with Gasteiger partial charge in [-0.15, -0.1) is 0 Å². The van der Waals surface area contributed by atoms with Crippen molar-refractivity contribution in [2.45, 2.75) is 6.61 Å². The van der Waals surface area contributed by atoms with E-state index in [1.807, 2.05) is 30.3 Å². The second-order valence-electron chi connectivity index (χ2n) is 4.11. The average Bonchev–Trinajstić information content (AvgIpc) is 2.46. The second kappa shape index (κ2) is 6.66. The topological polar surface area (TPSA) is 61.7 Å². The SMILES string of the molecule is OCCNc1ccc(O)c(OCc2ccccc2)c1. The minimum Gasteiger partial charge on any atom is -0.504 e. The predicted molar refractivity (Wildman–Crippen MR) is 74.5 cm³/mol. The molecule has 100 valence electrons. The number of aliphatic hydroxyl groups is 1. The number of phenolic OH excluding ortho intramolecular Hbond substituents is 1. The molecule has 0 atom stereocenters. The van der Waals surface area contributed by atoms with E-state index >= 15 is 0 Å². The molecule has 0 radical (unpaired) electrons. The molecule has 0 fully saturated rings. The van der Waals surface area contributed by atoms with Crippen molar-refractivity contribution in [2.24, 2.45) is 0 Å². The van der Waals surface area contributed by atoms with Gasteiger partial charge in [0, 0.05) is 18.3 Å². The Hall–Kier alpha value is -2.20. The number of anilines is 1. The Morgan fingerprint density at radius 3 is 2.58 bits per heavy atom. The number of ether oxygens (including phenoxy) is 1. The van der Waals surface area contributed by atoms with Crippen LogP contribution in [-0.2, 0) is 6.61 Å². The van der Waals surface area contributed by atoms with Gasteiger partial charge in [-0.2, -0.15) is 0 Å². The second-order valence-corrected chi connectivity index (χ2v) is 4.11. The summed E-state index contributed by atoms with van der Waals surface area (Å²) in [6, 6.07) is 14.8. The lowest BCUT2D eigenvalue weighted by molar-refractivity contribution is 0.289. The molecule has 2 aromatic carbocycles. The molecule has 4 nitrogen and oxygen atoms in total. The summed E-state index contributed by atoms with van der Waals surface area (Å²) < 4.78 is 5.59. The lowest BCUT2D eigenvalue weighted by Gasteiger charge is -2.11. The Kier molecular flexibility index (Phi) is 4.64. The van der Waals surface area contributed by atoms with Gasteiger partial charge in [-0.3, -0.25) is 0 Å². The van der Waals surface area contributed by atoms with Gasteiger partial charge in [0.15, 0.2) is 11.5 Å². The van der Waals surface area contributed by atoms with E-state index in [1.54, 1.807) is 18.2 Å². The Labute approximate surface area is 112 Å². The van der Waals surface area contributed by atoms with Gasteiger partial charge in [0.05, 0.1) is 6.61 Å². The Balaban J connectivity index is 2.02. The molecule has 0 amide bonds. The predicted octanol–water partition coefficient (Wildman–Crippen LogP) is 2.38. The molecule has 0 spiro atoms. The molecule has 2 aromatic rings. The van der Waals surface area contributed by atoms with E-state index in [2.05, 4.69) is 5.32 Å². The highest BCUT2D eigenvalue weighted by molar-refractivity contribution is 5.54. The fraction of sp³-hybridized carbons (Fsp3) is 0.200. The number of benzene rings is 2. The molecule has 4 heteroatoms. The first kappa shape index (κ1) is 13.2. The quantitative estimate of drug-likeness (QED) is 0.697. The van der Waals surface area contributed by atoms with Crippen molar-refractivity contribution < 1.29 is 14.9 Å². The van der Waals surface area contributed by atoms with Crippen LogP contribution in [0.5, 0.6) is 11.5 Å². The van der Waals surface area contributed by atoms with Crippen LogP contribution >= 0.6 is 0 Å². The van der Waals surface area contributed by atoms with Gasteiger partial charge < -0.3 is 20.3 Å². The lowest BCUT2D eigenvalue weighted by atomic mass is 10.2. The standard InChI is InChI=1S/C15H17NO3/c17-9-8-16-13-6-7-14(18)15(10-13)19-11-12-4-2-1-3-5-12/h1-7,10,16-18H,8-9,11H2. The van der Waals surface area contributed by atoms with E-state index in [0.29, 0.717) is 18.9 Å². The molecule has 0 saturated heterocycles. The lowest BCUT2D eigenvalue weighted by Crippen LogP contribution is -2.05. The molecular formula is C15H17NO3. The maximum Gasteiger partial charge on any atom is 0.163 e. The average molecular weight is 259 g/mol. The van der Waals surface area contributed by atoms with Crippen LogP contribution in [0.1, 0.15) is 5.56 Å². The van der Waals surface area contributed by atoms with E-state index in [9.17, 15) is 5.11 Å². The number of rotatable bonds is 6. The molecule has 19 heavy (non-hydrogen) atoms. The van der Waals surface area contributed by atoms with Crippen LogP contribution in [0.15, 0.2) is 48.5 Å². The summed E-state index contributed by atoms with van der Waals surface area (Å²) in [6.45, 7) is 0.918. The number of phenols is 1. The minimum absolute atomic E-state index is 0.0566. The van der Waals surface area contributed by atoms with Gasteiger partial charge in [-0.1, -0.05) is 30.3 Å². The zero-order chi connectivity index (χ0) is 13.5. The molecule has 0 unspecified atom stereocenters. The highest BCUT2D eigenvalue weighted by Gasteiger charge is 2.04. The van der Waals surface area contributed by atoms with Gasteiger partial charge in [-0.05, 0) is 17.7 Å². The van der Waals surface area contributed by atoms with Gasteiger partial charge >= 0.3 is 0 Å². The summed E-state index contributed by atoms with van der Waals surface area (Å²) in [7, 11) is 0. The minimum atomic E-state index is 0.0566. The van der Waals surface area contributed by atoms with Crippen LogP contribution in [0.25, 0.3) is 0 Å². The Bertz CT molecular complexity index is 514. The van der Waals surface area contributed by atoms with E-state index in [1.165, 1.54) is 0 Å². The summed E-state index contributed by atoms with van der Waals surface area (Å²) in [5.74, 6) is 0.525. The zero-order valence-corrected chi connectivity index (χ0v) is 10.5. The van der Waals surface area contributed by atoms with E-state index in [-0.39, 0.29) is 12.4 Å². The number of aliphatic hydroxyl groups excluding tert-OH is 1. The third kappa shape index (κ3) is 3.89. The molecule has 3 N–H and O–H groups in total. The molecule has 0 heterocycles. The van der Waals surface area contributed by atoms with Gasteiger partial charge in [-0.25, -0.2) is 0 Å². The number of hydrogen-bond donors (Lipinski definition) is 3. The largest absolute Gasteiger partial charge is 0.504 e. The first-order chi connectivity index (χ1) is 9.29. The molecule has 2 rings (SSSR count). The van der Waals surface area contributed by atoms with Crippen LogP contribution in [0.2, 0.25) is 0 Å². The highest BCUT2D eigenvalue weighted by atomic mass is 16.5. The van der Waals surface area contributed by atoms with Gasteiger partial charge in [0.2, 0.25) is 0 Å². The van der Waals surface area contributed by atoms with Crippen LogP contribution in [0.4, 0.5) is 5.69 Å². The van der Waals surface area contributed by atoms with Crippen molar-refractivity contribution >= 4 is 5.69 Å². The molecular weight excluding hydrogens is 242 g/mol. The van der Waals surface area contributed by atoms with Crippen LogP contribution < -0.4 is 10.1 Å². The normalized spacial score (nSPS) is 10.2. The van der Waals surface area contributed by atoms with Crippen LogP contribution in [0.3, 0.4) is 0 Å². The van der Waals surface area contributed by atoms with E-state index < -0.39 is 0 Å². The molecule has 0 aromatic heterocycles. The van der Waals surface area contributed by atoms with Gasteiger partial charge in [0.25, 0.3) is 0 Å². The Morgan fingerprint density at radius 1 is 1.05 bits per heavy atom. The zero-order valence-electron chi connectivity index (χ0n) is 10.5. The number of hydrogen-bond acceptors (Lipinski definition) is 4. The molecule has 0 bridgehead atoms. The number of aromatic hydroxyl groups is 1. The smallest absolute Gasteiger partial charge is 0.163 e. The Morgan fingerprint density at radius 2 is 1.84 bits per heavy atom. The molecule has 0 aliphatic rings. The molecule has 0 aliphatic heterocycles. The van der Waals surface area contributed by atoms with Crippen molar-refractivity contribution in [1.29, 1.82) is 0 Å². The van der Waals surface area contributed by atoms with Crippen molar-refractivity contribution in [2.75, 3.05) is 18.5 Å². The third-order valence-electron chi connectivity index (χ3n) is 2.64. The highest BCUT2D eigenvalue weighted by Crippen LogP contribution is 2.29. The maximum atomic E-state index is 9.74. The van der Waals surface area contributed by atoms with Crippen LogP contribution in [-0.4, -0.2) is 23.4 Å². The maximum absolute atomic E-state index is 9.74. The van der Waals surface area contributed by atoms with Crippen molar-refractivity contribution in [3.63, 3.8) is 0 Å². The summed E-state index contributed by atoms with van der Waals surface area (Å²) in [6.07, 6.45) is 0. The fourth-order valence-corrected chi connectivity index (χ4v) is 1.68. The van der Waals surface area contributed by atoms with E-state index in [0.717, 1.165) is 11.3 Å². The summed E-state index contributed by atoms with van der Waals surface area (Å²) in [5, 5.41) is 21.5. The molecule has 0 saturated carbocycles.